The molecule has 3 saturated heterocycles. The maximum atomic E-state index is 14.7. The third-order valence-electron chi connectivity index (χ3n) is 9.39. The topological polar surface area (TPSA) is 84.4 Å². The van der Waals surface area contributed by atoms with Crippen molar-refractivity contribution in [2.45, 2.75) is 49.1 Å². The van der Waals surface area contributed by atoms with E-state index < -0.39 is 22.6 Å². The number of nitrogens with zero attached hydrogens (tertiary/aromatic N) is 4. The molecule has 2 aromatic carbocycles. The standard InChI is InChI=1S/C35H44N4O4S/c1-5-21-37(26-13-10-9-11-14-26)32(41)29-28-19-20-35(44-28)30(29)33(42)39(23-12-24-40)31(35)34(43)38(22-6-2)27-17-15-25(16-18-27)36(7-3)8-4/h5-6,9-11,13-18,28-31,40H,1-2,7-8,12,19-24H2,3-4H3/t28-,29+,30-,31?,35?/m0/s1. The average molecular weight is 617 g/mol. The summed E-state index contributed by atoms with van der Waals surface area (Å²) in [6.07, 6.45) is 5.22. The molecule has 2 aromatic rings. The summed E-state index contributed by atoms with van der Waals surface area (Å²) in [6, 6.07) is 16.7. The lowest BCUT2D eigenvalue weighted by molar-refractivity contribution is -0.139. The largest absolute Gasteiger partial charge is 0.396 e. The molecule has 1 N–H and O–H groups in total. The van der Waals surface area contributed by atoms with Gasteiger partial charge in [-0.05, 0) is 69.5 Å². The van der Waals surface area contributed by atoms with Gasteiger partial charge in [0.15, 0.2) is 0 Å². The van der Waals surface area contributed by atoms with Crippen LogP contribution in [-0.4, -0.2) is 83.1 Å². The fourth-order valence-corrected chi connectivity index (χ4v) is 9.67. The molecule has 3 aliphatic rings. The molecule has 0 saturated carbocycles. The molecule has 234 valence electrons. The number of carbonyl (C=O) groups excluding carboxylic acids is 3. The molecule has 44 heavy (non-hydrogen) atoms. The fraction of sp³-hybridized carbons (Fsp3) is 0.457. The first-order valence-corrected chi connectivity index (χ1v) is 16.6. The SMILES string of the molecule is C=CCN(C(=O)C1N(CCCO)C(=O)[C@@H]2[C@H](C(=O)N(CC=C)c3ccccc3)[C@@H]3CCC12S3)c1ccc(N(CC)CC)cc1. The highest BCUT2D eigenvalue weighted by Crippen LogP contribution is 2.66. The van der Waals surface area contributed by atoms with Gasteiger partial charge in [-0.2, -0.15) is 0 Å². The molecule has 0 radical (unpaired) electrons. The Labute approximate surface area is 265 Å². The van der Waals surface area contributed by atoms with Crippen LogP contribution in [-0.2, 0) is 14.4 Å². The van der Waals surface area contributed by atoms with Crippen LogP contribution < -0.4 is 14.7 Å². The van der Waals surface area contributed by atoms with E-state index in [0.717, 1.165) is 36.6 Å². The second-order valence-corrected chi connectivity index (χ2v) is 13.3. The molecular weight excluding hydrogens is 572 g/mol. The van der Waals surface area contributed by atoms with E-state index in [1.165, 1.54) is 0 Å². The van der Waals surface area contributed by atoms with Crippen LogP contribution in [0, 0.1) is 11.8 Å². The number of thioether (sulfide) groups is 1. The van der Waals surface area contributed by atoms with Crippen molar-refractivity contribution in [1.29, 1.82) is 0 Å². The van der Waals surface area contributed by atoms with E-state index >= 15 is 0 Å². The smallest absolute Gasteiger partial charge is 0.251 e. The second kappa shape index (κ2) is 13.6. The lowest BCUT2D eigenvalue weighted by atomic mass is 9.70. The number of anilines is 3. The molecular formula is C35H44N4O4S. The zero-order valence-electron chi connectivity index (χ0n) is 25.8. The van der Waals surface area contributed by atoms with Crippen LogP contribution in [0.3, 0.4) is 0 Å². The third kappa shape index (κ3) is 5.45. The summed E-state index contributed by atoms with van der Waals surface area (Å²) in [7, 11) is 0. The molecule has 8 nitrogen and oxygen atoms in total. The van der Waals surface area contributed by atoms with Gasteiger partial charge in [-0.3, -0.25) is 14.4 Å². The predicted octanol–water partition coefficient (Wildman–Crippen LogP) is 4.74. The molecule has 3 aliphatic heterocycles. The summed E-state index contributed by atoms with van der Waals surface area (Å²) >= 11 is 1.66. The van der Waals surface area contributed by atoms with Gasteiger partial charge in [0.05, 0.1) is 16.6 Å². The highest BCUT2D eigenvalue weighted by atomic mass is 32.2. The zero-order chi connectivity index (χ0) is 31.4. The van der Waals surface area contributed by atoms with Crippen molar-refractivity contribution in [1.82, 2.24) is 4.90 Å². The van der Waals surface area contributed by atoms with E-state index in [4.69, 9.17) is 0 Å². The average Bonchev–Trinajstić information content (AvgIpc) is 3.69. The minimum atomic E-state index is -0.744. The Bertz CT molecular complexity index is 1360. The second-order valence-electron chi connectivity index (χ2n) is 11.7. The first-order valence-electron chi connectivity index (χ1n) is 15.7. The van der Waals surface area contributed by atoms with Gasteiger partial charge >= 0.3 is 0 Å². The van der Waals surface area contributed by atoms with Crippen molar-refractivity contribution in [3.8, 4) is 0 Å². The Morgan fingerprint density at radius 2 is 1.55 bits per heavy atom. The maximum Gasteiger partial charge on any atom is 0.251 e. The number of hydrogen-bond acceptors (Lipinski definition) is 6. The van der Waals surface area contributed by atoms with Crippen LogP contribution >= 0.6 is 11.8 Å². The lowest BCUT2D eigenvalue weighted by Crippen LogP contribution is -2.55. The summed E-state index contributed by atoms with van der Waals surface area (Å²) in [5.74, 6) is -1.58. The predicted molar refractivity (Wildman–Crippen MR) is 179 cm³/mol. The number of carbonyl (C=O) groups is 3. The van der Waals surface area contributed by atoms with Crippen LogP contribution in [0.25, 0.3) is 0 Å². The van der Waals surface area contributed by atoms with Gasteiger partial charge in [0.25, 0.3) is 5.91 Å². The van der Waals surface area contributed by atoms with Crippen LogP contribution in [0.15, 0.2) is 79.9 Å². The first kappa shape index (κ1) is 31.9. The Balaban J connectivity index is 1.52. The van der Waals surface area contributed by atoms with Crippen molar-refractivity contribution < 1.29 is 19.5 Å². The fourth-order valence-electron chi connectivity index (χ4n) is 7.47. The van der Waals surface area contributed by atoms with Crippen molar-refractivity contribution in [3.63, 3.8) is 0 Å². The van der Waals surface area contributed by atoms with E-state index in [1.807, 2.05) is 54.6 Å². The van der Waals surface area contributed by atoms with Gasteiger partial charge in [0.1, 0.15) is 6.04 Å². The van der Waals surface area contributed by atoms with E-state index in [1.54, 1.807) is 38.6 Å². The molecule has 5 rings (SSSR count). The molecule has 0 aliphatic carbocycles. The number of para-hydroxylation sites is 1. The molecule has 0 aromatic heterocycles. The summed E-state index contributed by atoms with van der Waals surface area (Å²) in [6.45, 7) is 14.6. The minimum Gasteiger partial charge on any atom is -0.396 e. The van der Waals surface area contributed by atoms with Gasteiger partial charge in [0.2, 0.25) is 11.8 Å². The molecule has 2 unspecified atom stereocenters. The van der Waals surface area contributed by atoms with Gasteiger partial charge in [-0.1, -0.05) is 30.4 Å². The summed E-state index contributed by atoms with van der Waals surface area (Å²) in [5.41, 5.74) is 2.59. The highest BCUT2D eigenvalue weighted by molar-refractivity contribution is 8.02. The molecule has 5 atom stereocenters. The van der Waals surface area contributed by atoms with E-state index in [-0.39, 0.29) is 36.1 Å². The zero-order valence-corrected chi connectivity index (χ0v) is 26.6. The van der Waals surface area contributed by atoms with E-state index in [0.29, 0.717) is 25.9 Å². The van der Waals surface area contributed by atoms with Crippen LogP contribution in [0.5, 0.6) is 0 Å². The van der Waals surface area contributed by atoms with E-state index in [2.05, 4.69) is 31.9 Å². The van der Waals surface area contributed by atoms with Crippen LogP contribution in [0.2, 0.25) is 0 Å². The number of amides is 3. The number of likely N-dealkylation sites (tertiary alicyclic amines) is 1. The molecule has 1 spiro atoms. The number of hydrogen-bond donors (Lipinski definition) is 1. The molecule has 3 amide bonds. The minimum absolute atomic E-state index is 0.0519. The van der Waals surface area contributed by atoms with Crippen LogP contribution in [0.4, 0.5) is 17.1 Å². The number of benzene rings is 2. The highest BCUT2D eigenvalue weighted by Gasteiger charge is 2.74. The third-order valence-corrected chi connectivity index (χ3v) is 11.3. The number of aliphatic hydroxyl groups is 1. The van der Waals surface area contributed by atoms with Gasteiger partial charge in [-0.25, -0.2) is 0 Å². The van der Waals surface area contributed by atoms with E-state index in [9.17, 15) is 19.5 Å². The van der Waals surface area contributed by atoms with Crippen molar-refractivity contribution in [3.05, 3.63) is 79.9 Å². The van der Waals surface area contributed by atoms with Gasteiger partial charge in [-0.15, -0.1) is 24.9 Å². The number of rotatable bonds is 14. The van der Waals surface area contributed by atoms with Crippen molar-refractivity contribution in [2.75, 3.05) is 54.0 Å². The number of aliphatic hydroxyl groups excluding tert-OH is 1. The van der Waals surface area contributed by atoms with Gasteiger partial charge in [0, 0.05) is 61.6 Å². The summed E-state index contributed by atoms with van der Waals surface area (Å²) in [4.78, 5) is 50.8. The summed E-state index contributed by atoms with van der Waals surface area (Å²) < 4.78 is -0.717. The quantitative estimate of drug-likeness (QED) is 0.309. The first-order chi connectivity index (χ1) is 21.4. The normalized spacial score (nSPS) is 25.1. The molecule has 3 heterocycles. The van der Waals surface area contributed by atoms with Crippen molar-refractivity contribution in [2.24, 2.45) is 11.8 Å². The maximum absolute atomic E-state index is 14.7. The monoisotopic (exact) mass is 616 g/mol. The van der Waals surface area contributed by atoms with Crippen molar-refractivity contribution >= 4 is 46.5 Å². The van der Waals surface area contributed by atoms with Crippen LogP contribution in [0.1, 0.15) is 33.1 Å². The lowest BCUT2D eigenvalue weighted by Gasteiger charge is -2.37. The molecule has 9 heteroatoms. The Hall–Kier alpha value is -3.56. The van der Waals surface area contributed by atoms with Gasteiger partial charge < -0.3 is 24.7 Å². The number of fused-ring (bicyclic) bond motifs is 1. The molecule has 3 fully saturated rings. The summed E-state index contributed by atoms with van der Waals surface area (Å²) in [5, 5.41) is 9.67. The molecule has 2 bridgehead atoms. The Kier molecular flexibility index (Phi) is 9.85. The Morgan fingerprint density at radius 1 is 0.955 bits per heavy atom. The Morgan fingerprint density at radius 3 is 2.14 bits per heavy atom.